The lowest BCUT2D eigenvalue weighted by atomic mass is 10.2. The summed E-state index contributed by atoms with van der Waals surface area (Å²) in [4.78, 5) is 33.6. The van der Waals surface area contributed by atoms with Gasteiger partial charge in [-0.05, 0) is 44.5 Å². The molecule has 1 aliphatic rings. The molecule has 0 bridgehead atoms. The number of aromatic amines is 1. The number of carbonyl (C=O) groups excluding carboxylic acids is 1. The van der Waals surface area contributed by atoms with Crippen molar-refractivity contribution in [2.75, 3.05) is 6.79 Å². The van der Waals surface area contributed by atoms with Crippen LogP contribution in [0.5, 0.6) is 11.5 Å². The Balaban J connectivity index is 1.60. The standard InChI is InChI=1S/C18H16N2O5S/c1-8-10(3)26-17-14(8)16(21)19-15(20-17)9(2)25-18(22)11-4-5-12-13(6-11)24-7-23-12/h4-6,9H,7H2,1-3H3,(H,19,20,21). The molecule has 7 nitrogen and oxygen atoms in total. The third kappa shape index (κ3) is 2.72. The van der Waals surface area contributed by atoms with Crippen LogP contribution in [-0.2, 0) is 4.74 Å². The van der Waals surface area contributed by atoms with Gasteiger partial charge in [-0.2, -0.15) is 0 Å². The third-order valence-electron chi connectivity index (χ3n) is 4.33. The van der Waals surface area contributed by atoms with E-state index in [1.165, 1.54) is 11.3 Å². The van der Waals surface area contributed by atoms with Crippen LogP contribution < -0.4 is 15.0 Å². The Hall–Kier alpha value is -2.87. The second-order valence-electron chi connectivity index (χ2n) is 6.03. The van der Waals surface area contributed by atoms with Crippen LogP contribution in [0.1, 0.15) is 39.7 Å². The fourth-order valence-electron chi connectivity index (χ4n) is 2.77. The molecule has 0 spiro atoms. The first kappa shape index (κ1) is 16.6. The van der Waals surface area contributed by atoms with Crippen molar-refractivity contribution in [2.24, 2.45) is 0 Å². The van der Waals surface area contributed by atoms with Gasteiger partial charge in [0.25, 0.3) is 5.56 Å². The second kappa shape index (κ2) is 6.14. The maximum absolute atomic E-state index is 12.4. The first-order chi connectivity index (χ1) is 12.4. The molecule has 2 aromatic heterocycles. The summed E-state index contributed by atoms with van der Waals surface area (Å²) in [5, 5.41) is 0.588. The predicted molar refractivity (Wildman–Crippen MR) is 96.1 cm³/mol. The van der Waals surface area contributed by atoms with E-state index in [2.05, 4.69) is 9.97 Å². The number of rotatable bonds is 3. The molecule has 1 aromatic carbocycles. The molecule has 1 aliphatic heterocycles. The molecule has 1 unspecified atom stereocenters. The minimum Gasteiger partial charge on any atom is -0.454 e. The van der Waals surface area contributed by atoms with E-state index >= 15 is 0 Å². The van der Waals surface area contributed by atoms with Crippen molar-refractivity contribution in [3.8, 4) is 11.5 Å². The maximum Gasteiger partial charge on any atom is 0.338 e. The zero-order valence-corrected chi connectivity index (χ0v) is 15.2. The highest BCUT2D eigenvalue weighted by Crippen LogP contribution is 2.33. The molecule has 0 fully saturated rings. The van der Waals surface area contributed by atoms with Crippen LogP contribution in [0.4, 0.5) is 0 Å². The number of fused-ring (bicyclic) bond motifs is 2. The molecule has 8 heteroatoms. The summed E-state index contributed by atoms with van der Waals surface area (Å²) in [5.41, 5.74) is 1.04. The van der Waals surface area contributed by atoms with E-state index in [0.29, 0.717) is 33.1 Å². The van der Waals surface area contributed by atoms with Gasteiger partial charge in [0.2, 0.25) is 6.79 Å². The lowest BCUT2D eigenvalue weighted by Crippen LogP contribution is -2.17. The van der Waals surface area contributed by atoms with Crippen LogP contribution in [0.3, 0.4) is 0 Å². The number of esters is 1. The summed E-state index contributed by atoms with van der Waals surface area (Å²) in [6.07, 6.45) is -0.701. The Bertz CT molecular complexity index is 1090. The van der Waals surface area contributed by atoms with Crippen molar-refractivity contribution in [3.05, 3.63) is 50.4 Å². The molecule has 0 amide bonds. The van der Waals surface area contributed by atoms with Gasteiger partial charge in [-0.1, -0.05) is 0 Å². The van der Waals surface area contributed by atoms with Crippen molar-refractivity contribution < 1.29 is 19.0 Å². The number of benzene rings is 1. The largest absolute Gasteiger partial charge is 0.454 e. The molecule has 1 atom stereocenters. The Morgan fingerprint density at radius 2 is 2.08 bits per heavy atom. The fraction of sp³-hybridized carbons (Fsp3) is 0.278. The second-order valence-corrected chi connectivity index (χ2v) is 7.23. The van der Waals surface area contributed by atoms with Crippen molar-refractivity contribution >= 4 is 27.5 Å². The van der Waals surface area contributed by atoms with Crippen molar-refractivity contribution in [1.29, 1.82) is 0 Å². The maximum atomic E-state index is 12.4. The minimum atomic E-state index is -0.701. The predicted octanol–water partition coefficient (Wildman–Crippen LogP) is 3.25. The van der Waals surface area contributed by atoms with Gasteiger partial charge < -0.3 is 19.2 Å². The molecule has 0 saturated carbocycles. The molecule has 26 heavy (non-hydrogen) atoms. The van der Waals surface area contributed by atoms with Crippen LogP contribution in [-0.4, -0.2) is 22.7 Å². The number of aryl methyl sites for hydroxylation is 2. The fourth-order valence-corrected chi connectivity index (χ4v) is 3.81. The number of carbonyl (C=O) groups is 1. The highest BCUT2D eigenvalue weighted by Gasteiger charge is 2.21. The van der Waals surface area contributed by atoms with Gasteiger partial charge >= 0.3 is 5.97 Å². The number of thiophene rings is 1. The molecule has 0 saturated heterocycles. The summed E-state index contributed by atoms with van der Waals surface area (Å²) in [5.74, 6) is 0.883. The molecular weight excluding hydrogens is 356 g/mol. The Morgan fingerprint density at radius 1 is 1.31 bits per heavy atom. The molecule has 3 heterocycles. The highest BCUT2D eigenvalue weighted by molar-refractivity contribution is 7.18. The number of ether oxygens (including phenoxy) is 3. The van der Waals surface area contributed by atoms with Crippen LogP contribution in [0.15, 0.2) is 23.0 Å². The third-order valence-corrected chi connectivity index (χ3v) is 5.44. The number of nitrogens with one attached hydrogen (secondary N) is 1. The number of nitrogens with zero attached hydrogens (tertiary/aromatic N) is 1. The topological polar surface area (TPSA) is 90.5 Å². The lowest BCUT2D eigenvalue weighted by Gasteiger charge is -2.12. The number of hydrogen-bond donors (Lipinski definition) is 1. The van der Waals surface area contributed by atoms with Gasteiger partial charge in [0.05, 0.1) is 10.9 Å². The van der Waals surface area contributed by atoms with E-state index in [-0.39, 0.29) is 12.4 Å². The number of aromatic nitrogens is 2. The highest BCUT2D eigenvalue weighted by atomic mass is 32.1. The smallest absolute Gasteiger partial charge is 0.338 e. The Kier molecular flexibility index (Phi) is 3.91. The number of H-pyrrole nitrogens is 1. The summed E-state index contributed by atoms with van der Waals surface area (Å²) in [6.45, 7) is 5.65. The average molecular weight is 372 g/mol. The summed E-state index contributed by atoms with van der Waals surface area (Å²) in [7, 11) is 0. The first-order valence-electron chi connectivity index (χ1n) is 8.04. The van der Waals surface area contributed by atoms with E-state index in [1.807, 2.05) is 13.8 Å². The SMILES string of the molecule is Cc1sc2nc(C(C)OC(=O)c3ccc4c(c3)OCO4)[nH]c(=O)c2c1C. The van der Waals surface area contributed by atoms with Crippen LogP contribution >= 0.6 is 11.3 Å². The first-order valence-corrected chi connectivity index (χ1v) is 8.86. The zero-order valence-electron chi connectivity index (χ0n) is 14.4. The molecular formula is C18H16N2O5S. The molecule has 4 rings (SSSR count). The minimum absolute atomic E-state index is 0.134. The van der Waals surface area contributed by atoms with Crippen LogP contribution in [0.25, 0.3) is 10.2 Å². The van der Waals surface area contributed by atoms with Gasteiger partial charge in [0.1, 0.15) is 4.83 Å². The summed E-state index contributed by atoms with van der Waals surface area (Å²) in [6, 6.07) is 4.84. The van der Waals surface area contributed by atoms with Crippen molar-refractivity contribution in [3.63, 3.8) is 0 Å². The van der Waals surface area contributed by atoms with Gasteiger partial charge in [0, 0.05) is 4.88 Å². The molecule has 134 valence electrons. The Labute approximate surface area is 152 Å². The van der Waals surface area contributed by atoms with E-state index in [0.717, 1.165) is 10.4 Å². The van der Waals surface area contributed by atoms with E-state index in [4.69, 9.17) is 14.2 Å². The Morgan fingerprint density at radius 3 is 2.88 bits per heavy atom. The zero-order chi connectivity index (χ0) is 18.4. The van der Waals surface area contributed by atoms with E-state index in [9.17, 15) is 9.59 Å². The summed E-state index contributed by atoms with van der Waals surface area (Å²) >= 11 is 1.45. The van der Waals surface area contributed by atoms with Gasteiger partial charge in [-0.15, -0.1) is 11.3 Å². The monoisotopic (exact) mass is 372 g/mol. The summed E-state index contributed by atoms with van der Waals surface area (Å²) < 4.78 is 16.0. The molecule has 1 N–H and O–H groups in total. The lowest BCUT2D eigenvalue weighted by molar-refractivity contribution is 0.0319. The van der Waals surface area contributed by atoms with E-state index < -0.39 is 12.1 Å². The molecule has 3 aromatic rings. The normalized spacial score (nSPS) is 13.8. The van der Waals surface area contributed by atoms with Crippen LogP contribution in [0, 0.1) is 13.8 Å². The van der Waals surface area contributed by atoms with Crippen molar-refractivity contribution in [2.45, 2.75) is 26.9 Å². The molecule has 0 radical (unpaired) electrons. The van der Waals surface area contributed by atoms with Gasteiger partial charge in [-0.3, -0.25) is 4.79 Å². The van der Waals surface area contributed by atoms with Crippen molar-refractivity contribution in [1.82, 2.24) is 9.97 Å². The quantitative estimate of drug-likeness (QED) is 0.710. The average Bonchev–Trinajstić information content (AvgIpc) is 3.18. The molecule has 0 aliphatic carbocycles. The van der Waals surface area contributed by atoms with Gasteiger partial charge in [-0.25, -0.2) is 9.78 Å². The number of hydrogen-bond acceptors (Lipinski definition) is 7. The van der Waals surface area contributed by atoms with Gasteiger partial charge in [0.15, 0.2) is 23.4 Å². The van der Waals surface area contributed by atoms with E-state index in [1.54, 1.807) is 25.1 Å². The van der Waals surface area contributed by atoms with Crippen LogP contribution in [0.2, 0.25) is 0 Å².